The van der Waals surface area contributed by atoms with Crippen LogP contribution in [-0.4, -0.2) is 62.9 Å². The third kappa shape index (κ3) is 6.22. The van der Waals surface area contributed by atoms with Gasteiger partial charge in [-0.25, -0.2) is 9.97 Å². The van der Waals surface area contributed by atoms with Crippen molar-refractivity contribution in [2.75, 3.05) is 58.3 Å². The monoisotopic (exact) mass is 473 g/mol. The van der Waals surface area contributed by atoms with E-state index in [0.717, 1.165) is 21.9 Å². The Morgan fingerprint density at radius 3 is 2.03 bits per heavy atom. The lowest BCUT2D eigenvalue weighted by molar-refractivity contribution is 0.132. The molecular weight excluding hydrogens is 441 g/mol. The number of hydrogen-bond donors (Lipinski definition) is 1. The summed E-state index contributed by atoms with van der Waals surface area (Å²) in [5, 5.41) is 5.04. The van der Waals surface area contributed by atoms with Gasteiger partial charge in [-0.2, -0.15) is 0 Å². The number of aromatic nitrogens is 2. The summed E-state index contributed by atoms with van der Waals surface area (Å²) in [5.74, 6) is 1.80. The third-order valence-corrected chi connectivity index (χ3v) is 8.70. The van der Waals surface area contributed by atoms with E-state index in [1.165, 1.54) is 6.33 Å². The first-order valence-electron chi connectivity index (χ1n) is 11.0. The van der Waals surface area contributed by atoms with Gasteiger partial charge in [0.05, 0.1) is 18.7 Å². The van der Waals surface area contributed by atoms with Gasteiger partial charge in [0, 0.05) is 49.0 Å². The molecule has 0 saturated carbocycles. The number of anilines is 2. The standard InChI is InChI=1S/C24H32N3O5P/c1-5-33(28,6-2)19-9-7-18(8-10-19)27-24-20-15-22(31-13-11-29-3)23(32-14-12-30-4)16-21(20)25-17-26-24/h7-10,15-17H,5-6,11-14H2,1-4H3,(H,25,26,27). The molecule has 3 aromatic rings. The van der Waals surface area contributed by atoms with Crippen LogP contribution in [0.4, 0.5) is 11.5 Å². The van der Waals surface area contributed by atoms with Gasteiger partial charge < -0.3 is 28.8 Å². The van der Waals surface area contributed by atoms with Crippen LogP contribution in [0.1, 0.15) is 13.8 Å². The first-order valence-corrected chi connectivity index (χ1v) is 13.1. The molecule has 9 heteroatoms. The molecule has 3 rings (SSSR count). The number of nitrogens with one attached hydrogen (secondary N) is 1. The quantitative estimate of drug-likeness (QED) is 0.288. The fourth-order valence-electron chi connectivity index (χ4n) is 3.40. The molecule has 0 radical (unpaired) electrons. The Hall–Kier alpha value is -2.67. The first-order chi connectivity index (χ1) is 16.0. The highest BCUT2D eigenvalue weighted by Crippen LogP contribution is 2.43. The second-order valence-corrected chi connectivity index (χ2v) is 11.0. The summed E-state index contributed by atoms with van der Waals surface area (Å²) in [5.41, 5.74) is 1.57. The molecule has 1 N–H and O–H groups in total. The van der Waals surface area contributed by atoms with Crippen LogP contribution < -0.4 is 20.1 Å². The van der Waals surface area contributed by atoms with Gasteiger partial charge in [-0.1, -0.05) is 13.8 Å². The molecule has 0 aliphatic rings. The minimum atomic E-state index is -2.32. The van der Waals surface area contributed by atoms with Gasteiger partial charge in [-0.05, 0) is 30.3 Å². The smallest absolute Gasteiger partial charge is 0.163 e. The van der Waals surface area contributed by atoms with Crippen LogP contribution in [0.2, 0.25) is 0 Å². The largest absolute Gasteiger partial charge is 0.487 e. The molecule has 0 aliphatic heterocycles. The van der Waals surface area contributed by atoms with E-state index in [-0.39, 0.29) is 0 Å². The summed E-state index contributed by atoms with van der Waals surface area (Å²) in [7, 11) is 0.936. The second kappa shape index (κ2) is 12.0. The Labute approximate surface area is 195 Å². The zero-order chi connectivity index (χ0) is 23.7. The van der Waals surface area contributed by atoms with Crippen LogP contribution >= 0.6 is 7.14 Å². The van der Waals surface area contributed by atoms with Gasteiger partial charge in [0.1, 0.15) is 32.5 Å². The van der Waals surface area contributed by atoms with Crippen molar-refractivity contribution >= 4 is 34.9 Å². The molecule has 0 bridgehead atoms. The summed E-state index contributed by atoms with van der Waals surface area (Å²) in [6.07, 6.45) is 2.83. The van der Waals surface area contributed by atoms with E-state index in [1.807, 2.05) is 50.2 Å². The summed E-state index contributed by atoms with van der Waals surface area (Å²) in [4.78, 5) is 8.83. The predicted octanol–water partition coefficient (Wildman–Crippen LogP) is 4.45. The Balaban J connectivity index is 1.91. The van der Waals surface area contributed by atoms with Gasteiger partial charge in [0.15, 0.2) is 11.5 Å². The maximum absolute atomic E-state index is 13.0. The SMILES string of the molecule is CCP(=O)(CC)c1ccc(Nc2ncnc3cc(OCCOC)c(OCCOC)cc23)cc1. The maximum atomic E-state index is 13.0. The van der Waals surface area contributed by atoms with Crippen LogP contribution in [0.15, 0.2) is 42.7 Å². The number of rotatable bonds is 13. The normalized spacial score (nSPS) is 11.5. The van der Waals surface area contributed by atoms with Crippen molar-refractivity contribution in [2.24, 2.45) is 0 Å². The summed E-state index contributed by atoms with van der Waals surface area (Å²) < 4.78 is 34.9. The van der Waals surface area contributed by atoms with Crippen molar-refractivity contribution in [1.82, 2.24) is 9.97 Å². The van der Waals surface area contributed by atoms with Crippen molar-refractivity contribution in [3.05, 3.63) is 42.7 Å². The van der Waals surface area contributed by atoms with E-state index in [9.17, 15) is 4.57 Å². The average Bonchev–Trinajstić information content (AvgIpc) is 2.84. The first kappa shape index (κ1) is 25.0. The van der Waals surface area contributed by atoms with E-state index >= 15 is 0 Å². The molecule has 8 nitrogen and oxygen atoms in total. The van der Waals surface area contributed by atoms with Crippen molar-refractivity contribution < 1.29 is 23.5 Å². The molecule has 0 amide bonds. The van der Waals surface area contributed by atoms with Crippen LogP contribution in [0, 0.1) is 0 Å². The van der Waals surface area contributed by atoms with Crippen LogP contribution in [0.5, 0.6) is 11.5 Å². The highest BCUT2D eigenvalue weighted by Gasteiger charge is 2.19. The van der Waals surface area contributed by atoms with E-state index in [0.29, 0.717) is 56.1 Å². The molecule has 178 valence electrons. The Morgan fingerprint density at radius 1 is 0.848 bits per heavy atom. The molecular formula is C24H32N3O5P. The minimum Gasteiger partial charge on any atom is -0.487 e. The topological polar surface area (TPSA) is 91.8 Å². The average molecular weight is 474 g/mol. The number of nitrogens with zero attached hydrogens (tertiary/aromatic N) is 2. The lowest BCUT2D eigenvalue weighted by Crippen LogP contribution is -2.09. The molecule has 0 atom stereocenters. The molecule has 1 aromatic heterocycles. The van der Waals surface area contributed by atoms with Crippen LogP contribution in [0.25, 0.3) is 10.9 Å². The fraction of sp³-hybridized carbons (Fsp3) is 0.417. The number of benzene rings is 2. The summed E-state index contributed by atoms with van der Waals surface area (Å²) in [6, 6.07) is 11.4. The zero-order valence-electron chi connectivity index (χ0n) is 19.7. The molecule has 0 aliphatic carbocycles. The van der Waals surface area contributed by atoms with E-state index in [1.54, 1.807) is 14.2 Å². The van der Waals surface area contributed by atoms with Gasteiger partial charge in [0.25, 0.3) is 0 Å². The summed E-state index contributed by atoms with van der Waals surface area (Å²) >= 11 is 0. The fourth-order valence-corrected chi connectivity index (χ4v) is 5.27. The molecule has 33 heavy (non-hydrogen) atoms. The number of methoxy groups -OCH3 is 2. The third-order valence-electron chi connectivity index (χ3n) is 5.41. The van der Waals surface area contributed by atoms with E-state index in [2.05, 4.69) is 15.3 Å². The maximum Gasteiger partial charge on any atom is 0.163 e. The molecule has 0 unspecified atom stereocenters. The molecule has 1 heterocycles. The minimum absolute atomic E-state index is 0.384. The van der Waals surface area contributed by atoms with Gasteiger partial charge in [-0.3, -0.25) is 0 Å². The van der Waals surface area contributed by atoms with Crippen LogP contribution in [-0.2, 0) is 14.0 Å². The molecule has 0 spiro atoms. The second-order valence-electron chi connectivity index (χ2n) is 7.41. The summed E-state index contributed by atoms with van der Waals surface area (Å²) in [6.45, 7) is 5.65. The van der Waals surface area contributed by atoms with Gasteiger partial charge in [-0.15, -0.1) is 0 Å². The van der Waals surface area contributed by atoms with Gasteiger partial charge in [0.2, 0.25) is 0 Å². The Morgan fingerprint density at radius 2 is 1.45 bits per heavy atom. The zero-order valence-corrected chi connectivity index (χ0v) is 20.6. The van der Waals surface area contributed by atoms with Gasteiger partial charge >= 0.3 is 0 Å². The van der Waals surface area contributed by atoms with E-state index < -0.39 is 7.14 Å². The molecule has 0 fully saturated rings. The molecule has 0 saturated heterocycles. The highest BCUT2D eigenvalue weighted by molar-refractivity contribution is 7.71. The van der Waals surface area contributed by atoms with Crippen molar-refractivity contribution in [1.29, 1.82) is 0 Å². The lowest BCUT2D eigenvalue weighted by atomic mass is 10.2. The molecule has 2 aromatic carbocycles. The van der Waals surface area contributed by atoms with Crippen molar-refractivity contribution in [2.45, 2.75) is 13.8 Å². The van der Waals surface area contributed by atoms with Crippen LogP contribution in [0.3, 0.4) is 0 Å². The number of ether oxygens (including phenoxy) is 4. The lowest BCUT2D eigenvalue weighted by Gasteiger charge is -2.16. The Bertz CT molecular complexity index is 1080. The van der Waals surface area contributed by atoms with E-state index in [4.69, 9.17) is 18.9 Å². The predicted molar refractivity (Wildman–Crippen MR) is 132 cm³/mol. The number of hydrogen-bond acceptors (Lipinski definition) is 8. The Kier molecular flexibility index (Phi) is 9.06. The van der Waals surface area contributed by atoms with Crippen molar-refractivity contribution in [3.8, 4) is 11.5 Å². The number of fused-ring (bicyclic) bond motifs is 1. The highest BCUT2D eigenvalue weighted by atomic mass is 31.2. The van der Waals surface area contributed by atoms with Crippen molar-refractivity contribution in [3.63, 3.8) is 0 Å².